The van der Waals surface area contributed by atoms with E-state index in [-0.39, 0.29) is 5.92 Å². The molecule has 0 N–H and O–H groups in total. The van der Waals surface area contributed by atoms with E-state index in [0.29, 0.717) is 16.3 Å². The molecule has 2 fully saturated rings. The highest BCUT2D eigenvalue weighted by molar-refractivity contribution is 7.86. The number of hydrogen-bond acceptors (Lipinski definition) is 2. The van der Waals surface area contributed by atoms with Gasteiger partial charge >= 0.3 is 0 Å². The summed E-state index contributed by atoms with van der Waals surface area (Å²) in [5, 5.41) is 0.667. The maximum atomic E-state index is 12.4. The second-order valence-electron chi connectivity index (χ2n) is 7.36. The zero-order valence-corrected chi connectivity index (χ0v) is 15.2. The Morgan fingerprint density at radius 1 is 0.909 bits per heavy atom. The molecule has 0 aromatic rings. The molecule has 0 saturated carbocycles. The molecule has 2 rings (SSSR count). The molecular formula is C19H34O2S. The van der Waals surface area contributed by atoms with Crippen molar-refractivity contribution in [3.05, 3.63) is 0 Å². The van der Waals surface area contributed by atoms with Crippen LogP contribution in [0.1, 0.15) is 96.8 Å². The van der Waals surface area contributed by atoms with Gasteiger partial charge in [-0.15, -0.1) is 0 Å². The molecule has 2 bridgehead atoms. The van der Waals surface area contributed by atoms with Crippen LogP contribution in [0.5, 0.6) is 0 Å². The van der Waals surface area contributed by atoms with Crippen molar-refractivity contribution in [1.29, 1.82) is 0 Å². The summed E-state index contributed by atoms with van der Waals surface area (Å²) in [5.41, 5.74) is 0. The van der Waals surface area contributed by atoms with Gasteiger partial charge in [0.1, 0.15) is 5.78 Å². The van der Waals surface area contributed by atoms with E-state index in [4.69, 9.17) is 0 Å². The molecule has 0 aromatic heterocycles. The molecule has 0 amide bonds. The fourth-order valence-electron chi connectivity index (χ4n) is 4.13. The Bertz CT molecular complexity index is 350. The normalized spacial score (nSPS) is 31.1. The average Bonchev–Trinajstić information content (AvgIpc) is 2.49. The molecule has 2 nitrogen and oxygen atoms in total. The van der Waals surface area contributed by atoms with Crippen LogP contribution in [-0.2, 0) is 15.6 Å². The summed E-state index contributed by atoms with van der Waals surface area (Å²) < 4.78 is 12.2. The van der Waals surface area contributed by atoms with Crippen LogP contribution in [0, 0.1) is 5.92 Å². The zero-order chi connectivity index (χ0) is 15.8. The fraction of sp³-hybridized carbons (Fsp3) is 0.947. The third-order valence-electron chi connectivity index (χ3n) is 5.54. The molecule has 128 valence electrons. The number of fused-ring (bicyclic) bond motifs is 2. The average molecular weight is 327 g/mol. The first kappa shape index (κ1) is 18.2. The highest BCUT2D eigenvalue weighted by Gasteiger charge is 2.39. The molecule has 22 heavy (non-hydrogen) atoms. The molecule has 0 spiro atoms. The van der Waals surface area contributed by atoms with Crippen molar-refractivity contribution >= 4 is 16.6 Å². The number of unbranched alkanes of at least 4 members (excludes halogenated alkanes) is 7. The smallest absolute Gasteiger partial charge is 0.136 e. The summed E-state index contributed by atoms with van der Waals surface area (Å²) in [6.07, 6.45) is 16.3. The molecule has 2 aliphatic rings. The lowest BCUT2D eigenvalue weighted by molar-refractivity contribution is -0.123. The minimum absolute atomic E-state index is 0.234. The van der Waals surface area contributed by atoms with Crippen LogP contribution in [0.15, 0.2) is 0 Å². The van der Waals surface area contributed by atoms with Gasteiger partial charge in [-0.25, -0.2) is 0 Å². The SMILES string of the molecule is CCCCCCCCCCC(=O)C1CC2CCCC(C1)S2=O. The molecule has 2 heterocycles. The number of ketones is 1. The summed E-state index contributed by atoms with van der Waals surface area (Å²) in [6.45, 7) is 2.25. The standard InChI is InChI=1S/C19H34O2S/c1-2-3-4-5-6-7-8-9-13-19(20)16-14-17-11-10-12-18(15-16)22(17)21/h16-18H,2-15H2,1H3. The van der Waals surface area contributed by atoms with Crippen LogP contribution in [0.3, 0.4) is 0 Å². The van der Waals surface area contributed by atoms with E-state index in [1.54, 1.807) is 0 Å². The van der Waals surface area contributed by atoms with Gasteiger partial charge in [0.15, 0.2) is 0 Å². The molecule has 2 saturated heterocycles. The summed E-state index contributed by atoms with van der Waals surface area (Å²) in [5.74, 6) is 0.706. The number of carbonyl (C=O) groups excluding carboxylic acids is 1. The van der Waals surface area contributed by atoms with Crippen LogP contribution in [0.4, 0.5) is 0 Å². The van der Waals surface area contributed by atoms with E-state index in [2.05, 4.69) is 6.92 Å². The van der Waals surface area contributed by atoms with Crippen LogP contribution in [0.2, 0.25) is 0 Å². The van der Waals surface area contributed by atoms with Crippen molar-refractivity contribution < 1.29 is 9.00 Å². The first-order valence-corrected chi connectivity index (χ1v) is 10.9. The van der Waals surface area contributed by atoms with E-state index in [0.717, 1.165) is 38.5 Å². The molecule has 2 aliphatic heterocycles. The zero-order valence-electron chi connectivity index (χ0n) is 14.4. The molecule has 2 atom stereocenters. The lowest BCUT2D eigenvalue weighted by Gasteiger charge is -2.37. The molecular weight excluding hydrogens is 292 g/mol. The Labute approximate surface area is 139 Å². The van der Waals surface area contributed by atoms with Crippen molar-refractivity contribution in [3.8, 4) is 0 Å². The number of rotatable bonds is 10. The largest absolute Gasteiger partial charge is 0.299 e. The highest BCUT2D eigenvalue weighted by Crippen LogP contribution is 2.37. The summed E-state index contributed by atoms with van der Waals surface area (Å²) in [7, 11) is -0.638. The minimum Gasteiger partial charge on any atom is -0.299 e. The third-order valence-corrected chi connectivity index (χ3v) is 7.71. The van der Waals surface area contributed by atoms with E-state index >= 15 is 0 Å². The van der Waals surface area contributed by atoms with Gasteiger partial charge in [0.25, 0.3) is 0 Å². The Hall–Kier alpha value is -0.180. The molecule has 2 unspecified atom stereocenters. The first-order chi connectivity index (χ1) is 10.7. The minimum atomic E-state index is -0.638. The fourth-order valence-corrected chi connectivity index (χ4v) is 6.32. The van der Waals surface area contributed by atoms with Gasteiger partial charge < -0.3 is 0 Å². The Balaban J connectivity index is 1.57. The van der Waals surface area contributed by atoms with Crippen molar-refractivity contribution in [1.82, 2.24) is 0 Å². The summed E-state index contributed by atoms with van der Waals surface area (Å²) in [4.78, 5) is 12.4. The van der Waals surface area contributed by atoms with Crippen molar-refractivity contribution in [2.45, 2.75) is 107 Å². The van der Waals surface area contributed by atoms with Crippen molar-refractivity contribution in [2.24, 2.45) is 5.92 Å². The van der Waals surface area contributed by atoms with Crippen LogP contribution >= 0.6 is 0 Å². The van der Waals surface area contributed by atoms with E-state index in [9.17, 15) is 9.00 Å². The third kappa shape index (κ3) is 5.47. The van der Waals surface area contributed by atoms with Gasteiger partial charge in [-0.05, 0) is 32.1 Å². The molecule has 0 aliphatic carbocycles. The highest BCUT2D eigenvalue weighted by atomic mass is 32.2. The predicted octanol–water partition coefficient (Wildman–Crippen LogP) is 5.17. The molecule has 0 radical (unpaired) electrons. The Morgan fingerprint density at radius 3 is 2.05 bits per heavy atom. The van der Waals surface area contributed by atoms with Crippen LogP contribution in [0.25, 0.3) is 0 Å². The van der Waals surface area contributed by atoms with Gasteiger partial charge in [-0.3, -0.25) is 9.00 Å². The molecule has 0 aromatic carbocycles. The van der Waals surface area contributed by atoms with E-state index in [1.807, 2.05) is 0 Å². The van der Waals surface area contributed by atoms with Gasteiger partial charge in [0.2, 0.25) is 0 Å². The van der Waals surface area contributed by atoms with Crippen molar-refractivity contribution in [2.75, 3.05) is 0 Å². The van der Waals surface area contributed by atoms with Crippen molar-refractivity contribution in [3.63, 3.8) is 0 Å². The van der Waals surface area contributed by atoms with Gasteiger partial charge in [0.05, 0.1) is 0 Å². The summed E-state index contributed by atoms with van der Waals surface area (Å²) in [6, 6.07) is 0. The lowest BCUT2D eigenvalue weighted by atomic mass is 9.85. The maximum Gasteiger partial charge on any atom is 0.136 e. The Kier molecular flexibility index (Phi) is 8.13. The van der Waals surface area contributed by atoms with E-state index in [1.165, 1.54) is 51.4 Å². The monoisotopic (exact) mass is 326 g/mol. The van der Waals surface area contributed by atoms with E-state index < -0.39 is 10.8 Å². The first-order valence-electron chi connectivity index (χ1n) is 9.64. The Morgan fingerprint density at radius 2 is 1.45 bits per heavy atom. The quantitative estimate of drug-likeness (QED) is 0.519. The number of hydrogen-bond donors (Lipinski definition) is 0. The second-order valence-corrected chi connectivity index (χ2v) is 9.35. The van der Waals surface area contributed by atoms with Gasteiger partial charge in [0, 0.05) is 33.6 Å². The predicted molar refractivity (Wildman–Crippen MR) is 94.5 cm³/mol. The second kappa shape index (κ2) is 9.85. The number of Topliss-reactive ketones (excluding diaryl/α,β-unsaturated/α-hetero) is 1. The lowest BCUT2D eigenvalue weighted by Crippen LogP contribution is -2.41. The topological polar surface area (TPSA) is 34.1 Å². The van der Waals surface area contributed by atoms with Crippen LogP contribution in [-0.4, -0.2) is 20.5 Å². The van der Waals surface area contributed by atoms with Gasteiger partial charge in [-0.2, -0.15) is 0 Å². The van der Waals surface area contributed by atoms with Gasteiger partial charge in [-0.1, -0.05) is 58.3 Å². The van der Waals surface area contributed by atoms with Crippen LogP contribution < -0.4 is 0 Å². The maximum absolute atomic E-state index is 12.4. The summed E-state index contributed by atoms with van der Waals surface area (Å²) >= 11 is 0. The number of carbonyl (C=O) groups is 1. The molecule has 3 heteroatoms.